The normalized spacial score (nSPS) is 24.6. The summed E-state index contributed by atoms with van der Waals surface area (Å²) >= 11 is 1.17. The summed E-state index contributed by atoms with van der Waals surface area (Å²) < 4.78 is 38.1. The number of amides is 1. The number of nitrogens with one attached hydrogen (secondary N) is 1. The van der Waals surface area contributed by atoms with Crippen molar-refractivity contribution in [2.24, 2.45) is 0 Å². The van der Waals surface area contributed by atoms with Gasteiger partial charge in [0.05, 0.1) is 11.3 Å². The third-order valence-electron chi connectivity index (χ3n) is 4.40. The van der Waals surface area contributed by atoms with Crippen LogP contribution in [-0.4, -0.2) is 41.7 Å². The molecule has 7 heteroatoms. The van der Waals surface area contributed by atoms with E-state index in [1.54, 1.807) is 6.07 Å². The fraction of sp³-hybridized carbons (Fsp3) is 0.562. The first-order chi connectivity index (χ1) is 10.9. The first-order valence-electron chi connectivity index (χ1n) is 7.76. The van der Waals surface area contributed by atoms with Crippen molar-refractivity contribution >= 4 is 17.7 Å². The lowest BCUT2D eigenvalue weighted by Gasteiger charge is -2.24. The molecule has 1 aromatic rings. The molecule has 0 radical (unpaired) electrons. The molecule has 2 fully saturated rings. The molecule has 2 aliphatic rings. The lowest BCUT2D eigenvalue weighted by molar-refractivity contribution is -0.137. The van der Waals surface area contributed by atoms with Crippen molar-refractivity contribution in [3.63, 3.8) is 0 Å². The van der Waals surface area contributed by atoms with E-state index in [0.29, 0.717) is 23.5 Å². The third kappa shape index (κ3) is 4.20. The molecule has 2 heterocycles. The van der Waals surface area contributed by atoms with Gasteiger partial charge in [0, 0.05) is 30.1 Å². The lowest BCUT2D eigenvalue weighted by atomic mass is 10.1. The van der Waals surface area contributed by atoms with Crippen molar-refractivity contribution < 1.29 is 18.0 Å². The van der Waals surface area contributed by atoms with E-state index in [-0.39, 0.29) is 11.7 Å². The highest BCUT2D eigenvalue weighted by atomic mass is 32.2. The fourth-order valence-electron chi connectivity index (χ4n) is 3.17. The number of nitrogens with zero attached hydrogens (tertiary/aromatic N) is 1. The summed E-state index contributed by atoms with van der Waals surface area (Å²) in [5.41, 5.74) is -0.675. The van der Waals surface area contributed by atoms with Crippen LogP contribution >= 0.6 is 11.8 Å². The zero-order valence-electron chi connectivity index (χ0n) is 12.6. The average molecular weight is 344 g/mol. The number of likely N-dealkylation sites (tertiary alicyclic amines) is 1. The summed E-state index contributed by atoms with van der Waals surface area (Å²) in [6, 6.07) is 6.01. The molecule has 1 amide bonds. The van der Waals surface area contributed by atoms with Gasteiger partial charge in [0.2, 0.25) is 5.91 Å². The van der Waals surface area contributed by atoms with Crippen molar-refractivity contribution in [2.75, 3.05) is 18.8 Å². The van der Waals surface area contributed by atoms with E-state index in [9.17, 15) is 18.0 Å². The van der Waals surface area contributed by atoms with E-state index >= 15 is 0 Å². The van der Waals surface area contributed by atoms with Gasteiger partial charge in [0.25, 0.3) is 0 Å². The van der Waals surface area contributed by atoms with Crippen LogP contribution in [0, 0.1) is 0 Å². The molecule has 1 N–H and O–H groups in total. The first kappa shape index (κ1) is 16.6. The van der Waals surface area contributed by atoms with Crippen LogP contribution < -0.4 is 5.32 Å². The number of thioether (sulfide) groups is 1. The minimum Gasteiger partial charge on any atom is -0.340 e. The Morgan fingerprint density at radius 3 is 2.83 bits per heavy atom. The standard InChI is InChI=1S/C16H19F3N2OS/c17-16(18,19)11-2-1-3-14(8-11)23-10-15(22)21-7-6-12-4-5-13(9-21)20-12/h1-3,8,12-13,20H,4-7,9-10H2. The van der Waals surface area contributed by atoms with Crippen LogP contribution in [0.4, 0.5) is 13.2 Å². The van der Waals surface area contributed by atoms with Crippen molar-refractivity contribution in [3.05, 3.63) is 29.8 Å². The number of hydrogen-bond donors (Lipinski definition) is 1. The van der Waals surface area contributed by atoms with Gasteiger partial charge in [-0.1, -0.05) is 6.07 Å². The maximum Gasteiger partial charge on any atom is 0.416 e. The molecule has 126 valence electrons. The van der Waals surface area contributed by atoms with Gasteiger partial charge < -0.3 is 10.2 Å². The average Bonchev–Trinajstić information content (AvgIpc) is 2.83. The summed E-state index contributed by atoms with van der Waals surface area (Å²) in [7, 11) is 0. The summed E-state index contributed by atoms with van der Waals surface area (Å²) in [6.07, 6.45) is -1.13. The summed E-state index contributed by atoms with van der Waals surface area (Å²) in [6.45, 7) is 1.44. The van der Waals surface area contributed by atoms with Crippen molar-refractivity contribution in [1.82, 2.24) is 10.2 Å². The Morgan fingerprint density at radius 2 is 2.04 bits per heavy atom. The maximum absolute atomic E-state index is 12.7. The summed E-state index contributed by atoms with van der Waals surface area (Å²) in [5, 5.41) is 3.51. The molecule has 23 heavy (non-hydrogen) atoms. The first-order valence-corrected chi connectivity index (χ1v) is 8.74. The van der Waals surface area contributed by atoms with Crippen LogP contribution in [0.2, 0.25) is 0 Å². The van der Waals surface area contributed by atoms with E-state index in [4.69, 9.17) is 0 Å². The molecule has 0 spiro atoms. The molecule has 2 saturated heterocycles. The van der Waals surface area contributed by atoms with Crippen molar-refractivity contribution in [1.29, 1.82) is 0 Å². The highest BCUT2D eigenvalue weighted by molar-refractivity contribution is 8.00. The monoisotopic (exact) mass is 344 g/mol. The molecular formula is C16H19F3N2OS. The topological polar surface area (TPSA) is 32.3 Å². The molecule has 1 aromatic carbocycles. The predicted molar refractivity (Wildman–Crippen MR) is 83.3 cm³/mol. The number of carbonyl (C=O) groups is 1. The number of fused-ring (bicyclic) bond motifs is 2. The maximum atomic E-state index is 12.7. The van der Waals surface area contributed by atoms with E-state index in [0.717, 1.165) is 31.5 Å². The van der Waals surface area contributed by atoms with Gasteiger partial charge in [-0.15, -0.1) is 11.8 Å². The van der Waals surface area contributed by atoms with Gasteiger partial charge in [-0.3, -0.25) is 4.79 Å². The van der Waals surface area contributed by atoms with Crippen LogP contribution in [0.1, 0.15) is 24.8 Å². The van der Waals surface area contributed by atoms with Gasteiger partial charge in [-0.05, 0) is 37.5 Å². The van der Waals surface area contributed by atoms with Gasteiger partial charge in [-0.2, -0.15) is 13.2 Å². The molecule has 3 rings (SSSR count). The highest BCUT2D eigenvalue weighted by Crippen LogP contribution is 2.32. The lowest BCUT2D eigenvalue weighted by Crippen LogP contribution is -2.39. The minimum absolute atomic E-state index is 0.00163. The number of rotatable bonds is 3. The molecule has 2 aliphatic heterocycles. The Kier molecular flexibility index (Phi) is 4.87. The quantitative estimate of drug-likeness (QED) is 0.855. The predicted octanol–water partition coefficient (Wildman–Crippen LogP) is 3.15. The molecule has 2 unspecified atom stereocenters. The zero-order valence-corrected chi connectivity index (χ0v) is 13.4. The second kappa shape index (κ2) is 6.73. The molecule has 0 aromatic heterocycles. The SMILES string of the molecule is O=C(CSc1cccc(C(F)(F)F)c1)N1CCC2CCC(C1)N2. The Labute approximate surface area is 137 Å². The van der Waals surface area contributed by atoms with E-state index in [2.05, 4.69) is 5.32 Å². The van der Waals surface area contributed by atoms with Crippen molar-refractivity contribution in [2.45, 2.75) is 42.4 Å². The Morgan fingerprint density at radius 1 is 1.26 bits per heavy atom. The number of alkyl halides is 3. The van der Waals surface area contributed by atoms with Gasteiger partial charge >= 0.3 is 6.18 Å². The zero-order chi connectivity index (χ0) is 16.4. The van der Waals surface area contributed by atoms with E-state index < -0.39 is 11.7 Å². The highest BCUT2D eigenvalue weighted by Gasteiger charge is 2.32. The Hall–Kier alpha value is -1.21. The number of carbonyl (C=O) groups excluding carboxylic acids is 1. The third-order valence-corrected chi connectivity index (χ3v) is 5.38. The van der Waals surface area contributed by atoms with Crippen LogP contribution in [0.25, 0.3) is 0 Å². The number of halogens is 3. The summed E-state index contributed by atoms with van der Waals surface area (Å²) in [4.78, 5) is 14.7. The second-order valence-corrected chi connectivity index (χ2v) is 7.13. The van der Waals surface area contributed by atoms with E-state index in [1.165, 1.54) is 24.2 Å². The largest absolute Gasteiger partial charge is 0.416 e. The Bertz CT molecular complexity index is 579. The fourth-order valence-corrected chi connectivity index (χ4v) is 4.03. The van der Waals surface area contributed by atoms with Crippen LogP contribution in [0.15, 0.2) is 29.2 Å². The molecule has 0 saturated carbocycles. The summed E-state index contributed by atoms with van der Waals surface area (Å²) in [5.74, 6) is 0.181. The van der Waals surface area contributed by atoms with Crippen LogP contribution in [0.3, 0.4) is 0 Å². The van der Waals surface area contributed by atoms with Crippen LogP contribution in [0.5, 0.6) is 0 Å². The van der Waals surface area contributed by atoms with Crippen LogP contribution in [-0.2, 0) is 11.0 Å². The second-order valence-electron chi connectivity index (χ2n) is 6.08. The smallest absolute Gasteiger partial charge is 0.340 e. The van der Waals surface area contributed by atoms with Gasteiger partial charge in [-0.25, -0.2) is 0 Å². The molecular weight excluding hydrogens is 325 g/mol. The molecule has 2 bridgehead atoms. The number of hydrogen-bond acceptors (Lipinski definition) is 3. The van der Waals surface area contributed by atoms with Gasteiger partial charge in [0.1, 0.15) is 0 Å². The minimum atomic E-state index is -4.35. The van der Waals surface area contributed by atoms with Crippen molar-refractivity contribution in [3.8, 4) is 0 Å². The molecule has 3 nitrogen and oxygen atoms in total. The molecule has 2 atom stereocenters. The Balaban J connectivity index is 1.56. The van der Waals surface area contributed by atoms with Gasteiger partial charge in [0.15, 0.2) is 0 Å². The van der Waals surface area contributed by atoms with E-state index in [1.807, 2.05) is 4.90 Å². The molecule has 0 aliphatic carbocycles. The number of benzene rings is 1.